The van der Waals surface area contributed by atoms with Gasteiger partial charge in [-0.2, -0.15) is 13.2 Å². The van der Waals surface area contributed by atoms with Crippen molar-refractivity contribution in [1.29, 1.82) is 0 Å². The van der Waals surface area contributed by atoms with E-state index in [9.17, 15) is 26.0 Å². The number of anilines is 1. The fraction of sp³-hybridized carbons (Fsp3) is 0.500. The Labute approximate surface area is 120 Å². The summed E-state index contributed by atoms with van der Waals surface area (Å²) in [6, 6.07) is 2.15. The third kappa shape index (κ3) is 4.07. The van der Waals surface area contributed by atoms with Crippen LogP contribution in [0.3, 0.4) is 0 Å². The molecule has 0 radical (unpaired) electrons. The minimum atomic E-state index is -5.65. The van der Waals surface area contributed by atoms with E-state index in [0.717, 1.165) is 12.1 Å². The van der Waals surface area contributed by atoms with Crippen LogP contribution in [0.2, 0.25) is 0 Å². The molecule has 0 bridgehead atoms. The lowest BCUT2D eigenvalue weighted by molar-refractivity contribution is -0.0435. The standard InChI is InChI=1S/C12H15F4NO3S/c1-11(2,20-3)7-17-9-5-4-8(13)6-10(9)21(18,19)12(14,15)16/h4-6,17H,7H2,1-3H3. The molecule has 0 aliphatic heterocycles. The summed E-state index contributed by atoms with van der Waals surface area (Å²) in [7, 11) is -4.24. The molecule has 0 spiro atoms. The molecule has 0 atom stereocenters. The van der Waals surface area contributed by atoms with Gasteiger partial charge in [-0.15, -0.1) is 0 Å². The summed E-state index contributed by atoms with van der Waals surface area (Å²) in [5, 5.41) is 2.54. The first kappa shape index (κ1) is 17.7. The van der Waals surface area contributed by atoms with E-state index in [1.807, 2.05) is 0 Å². The van der Waals surface area contributed by atoms with Crippen molar-refractivity contribution in [2.45, 2.75) is 29.9 Å². The number of halogens is 4. The zero-order valence-electron chi connectivity index (χ0n) is 11.6. The normalized spacial score (nSPS) is 13.3. The van der Waals surface area contributed by atoms with Gasteiger partial charge in [-0.05, 0) is 32.0 Å². The molecule has 9 heteroatoms. The van der Waals surface area contributed by atoms with Crippen molar-refractivity contribution in [2.24, 2.45) is 0 Å². The topological polar surface area (TPSA) is 55.4 Å². The zero-order chi connectivity index (χ0) is 16.5. The van der Waals surface area contributed by atoms with Gasteiger partial charge in [-0.1, -0.05) is 0 Å². The molecule has 4 nitrogen and oxygen atoms in total. The van der Waals surface area contributed by atoms with Gasteiger partial charge in [0.05, 0.1) is 11.3 Å². The van der Waals surface area contributed by atoms with E-state index in [2.05, 4.69) is 5.32 Å². The Balaban J connectivity index is 3.25. The number of benzene rings is 1. The maximum absolute atomic E-state index is 13.1. The summed E-state index contributed by atoms with van der Waals surface area (Å²) in [5.74, 6) is -1.07. The van der Waals surface area contributed by atoms with Crippen LogP contribution in [-0.4, -0.2) is 33.2 Å². The van der Waals surface area contributed by atoms with Crippen LogP contribution in [0, 0.1) is 5.82 Å². The van der Waals surface area contributed by atoms with Crippen LogP contribution in [0.25, 0.3) is 0 Å². The lowest BCUT2D eigenvalue weighted by Gasteiger charge is -2.24. The molecular formula is C12H15F4NO3S. The van der Waals surface area contributed by atoms with Crippen LogP contribution < -0.4 is 5.32 Å². The van der Waals surface area contributed by atoms with Gasteiger partial charge < -0.3 is 10.1 Å². The highest BCUT2D eigenvalue weighted by molar-refractivity contribution is 7.92. The number of nitrogens with one attached hydrogen (secondary N) is 1. The molecule has 0 aromatic heterocycles. The van der Waals surface area contributed by atoms with Gasteiger partial charge in [-0.25, -0.2) is 12.8 Å². The van der Waals surface area contributed by atoms with Gasteiger partial charge in [0, 0.05) is 13.7 Å². The summed E-state index contributed by atoms with van der Waals surface area (Å²) in [6.45, 7) is 3.35. The second-order valence-electron chi connectivity index (χ2n) is 4.91. The summed E-state index contributed by atoms with van der Waals surface area (Å²) < 4.78 is 78.9. The molecule has 0 saturated heterocycles. The SMILES string of the molecule is COC(C)(C)CNc1ccc(F)cc1S(=O)(=O)C(F)(F)F. The average Bonchev–Trinajstić information content (AvgIpc) is 2.36. The Bertz CT molecular complexity index is 611. The molecule has 0 heterocycles. The van der Waals surface area contributed by atoms with E-state index in [1.165, 1.54) is 7.11 Å². The second kappa shape index (κ2) is 5.80. The van der Waals surface area contributed by atoms with Crippen molar-refractivity contribution in [3.63, 3.8) is 0 Å². The molecule has 1 N–H and O–H groups in total. The number of hydrogen-bond acceptors (Lipinski definition) is 4. The van der Waals surface area contributed by atoms with E-state index in [-0.39, 0.29) is 12.2 Å². The highest BCUT2D eigenvalue weighted by Gasteiger charge is 2.48. The van der Waals surface area contributed by atoms with Crippen LogP contribution in [0.5, 0.6) is 0 Å². The number of ether oxygens (including phenoxy) is 1. The fourth-order valence-corrected chi connectivity index (χ4v) is 2.32. The fourth-order valence-electron chi connectivity index (χ4n) is 1.37. The van der Waals surface area contributed by atoms with Gasteiger partial charge in [0.2, 0.25) is 0 Å². The molecule has 21 heavy (non-hydrogen) atoms. The van der Waals surface area contributed by atoms with Crippen LogP contribution in [0.15, 0.2) is 23.1 Å². The largest absolute Gasteiger partial charge is 0.501 e. The summed E-state index contributed by atoms with van der Waals surface area (Å²) in [4.78, 5) is -1.15. The minimum absolute atomic E-state index is 0.0372. The maximum atomic E-state index is 13.1. The molecule has 0 saturated carbocycles. The van der Waals surface area contributed by atoms with Crippen molar-refractivity contribution in [3.8, 4) is 0 Å². The first-order chi connectivity index (χ1) is 9.40. The molecule has 0 amide bonds. The van der Waals surface area contributed by atoms with Crippen LogP contribution in [0.1, 0.15) is 13.8 Å². The molecule has 0 fully saturated rings. The Morgan fingerprint density at radius 3 is 2.29 bits per heavy atom. The zero-order valence-corrected chi connectivity index (χ0v) is 12.4. The first-order valence-corrected chi connectivity index (χ1v) is 7.29. The summed E-state index contributed by atoms with van der Waals surface area (Å²) in [6.07, 6.45) is 0. The molecule has 0 aliphatic rings. The smallest absolute Gasteiger partial charge is 0.381 e. The first-order valence-electron chi connectivity index (χ1n) is 5.81. The lowest BCUT2D eigenvalue weighted by Crippen LogP contribution is -2.33. The highest BCUT2D eigenvalue weighted by Crippen LogP contribution is 2.35. The molecule has 120 valence electrons. The Morgan fingerprint density at radius 2 is 1.81 bits per heavy atom. The predicted octanol–water partition coefficient (Wildman–Crippen LogP) is 2.96. The average molecular weight is 329 g/mol. The van der Waals surface area contributed by atoms with Crippen molar-refractivity contribution in [2.75, 3.05) is 19.0 Å². The van der Waals surface area contributed by atoms with Gasteiger partial charge >= 0.3 is 5.51 Å². The van der Waals surface area contributed by atoms with E-state index < -0.39 is 31.7 Å². The van der Waals surface area contributed by atoms with E-state index in [1.54, 1.807) is 13.8 Å². The van der Waals surface area contributed by atoms with Gasteiger partial charge in [-0.3, -0.25) is 0 Å². The third-order valence-electron chi connectivity index (χ3n) is 2.80. The van der Waals surface area contributed by atoms with Crippen molar-refractivity contribution in [1.82, 2.24) is 0 Å². The van der Waals surface area contributed by atoms with Gasteiger partial charge in [0.1, 0.15) is 10.7 Å². The van der Waals surface area contributed by atoms with E-state index >= 15 is 0 Å². The van der Waals surface area contributed by atoms with Crippen LogP contribution in [-0.2, 0) is 14.6 Å². The lowest BCUT2D eigenvalue weighted by atomic mass is 10.1. The van der Waals surface area contributed by atoms with E-state index in [4.69, 9.17) is 4.74 Å². The number of alkyl halides is 3. The van der Waals surface area contributed by atoms with Crippen LogP contribution in [0.4, 0.5) is 23.2 Å². The monoisotopic (exact) mass is 329 g/mol. The number of methoxy groups -OCH3 is 1. The van der Waals surface area contributed by atoms with Gasteiger partial charge in [0.25, 0.3) is 9.84 Å². The molecule has 1 aromatic carbocycles. The third-order valence-corrected chi connectivity index (χ3v) is 4.32. The highest BCUT2D eigenvalue weighted by atomic mass is 32.2. The van der Waals surface area contributed by atoms with E-state index in [0.29, 0.717) is 6.07 Å². The van der Waals surface area contributed by atoms with Crippen molar-refractivity contribution >= 4 is 15.5 Å². The quantitative estimate of drug-likeness (QED) is 0.844. The maximum Gasteiger partial charge on any atom is 0.501 e. The van der Waals surface area contributed by atoms with Gasteiger partial charge in [0.15, 0.2) is 0 Å². The predicted molar refractivity (Wildman–Crippen MR) is 69.2 cm³/mol. The Morgan fingerprint density at radius 1 is 1.24 bits per heavy atom. The molecule has 0 unspecified atom stereocenters. The number of sulfone groups is 1. The Kier molecular flexibility index (Phi) is 4.89. The van der Waals surface area contributed by atoms with Crippen molar-refractivity contribution in [3.05, 3.63) is 24.0 Å². The second-order valence-corrected chi connectivity index (χ2v) is 6.82. The Hall–Kier alpha value is -1.35. The molecule has 0 aliphatic carbocycles. The number of rotatable bonds is 5. The number of hydrogen-bond donors (Lipinski definition) is 1. The molecular weight excluding hydrogens is 314 g/mol. The minimum Gasteiger partial charge on any atom is -0.381 e. The summed E-state index contributed by atoms with van der Waals surface area (Å²) in [5.41, 5.74) is -6.58. The van der Waals surface area contributed by atoms with Crippen molar-refractivity contribution < 1.29 is 30.7 Å². The molecule has 1 aromatic rings. The van der Waals surface area contributed by atoms with Crippen LogP contribution >= 0.6 is 0 Å². The summed E-state index contributed by atoms with van der Waals surface area (Å²) >= 11 is 0. The molecule has 1 rings (SSSR count).